The molecule has 32 heavy (non-hydrogen) atoms. The fourth-order valence-electron chi connectivity index (χ4n) is 5.10. The zero-order chi connectivity index (χ0) is 23.6. The first-order chi connectivity index (χ1) is 15.0. The van der Waals surface area contributed by atoms with Gasteiger partial charge in [0.05, 0.1) is 10.1 Å². The molecule has 180 valence electrons. The second-order valence-corrected chi connectivity index (χ2v) is 12.8. The van der Waals surface area contributed by atoms with Crippen molar-refractivity contribution in [1.82, 2.24) is 10.2 Å². The van der Waals surface area contributed by atoms with Crippen LogP contribution < -0.4 is 5.32 Å². The van der Waals surface area contributed by atoms with E-state index >= 15 is 0 Å². The van der Waals surface area contributed by atoms with E-state index in [2.05, 4.69) is 59.0 Å². The number of benzene rings is 1. The molecule has 0 radical (unpaired) electrons. The summed E-state index contributed by atoms with van der Waals surface area (Å²) < 4.78 is 28.0. The summed E-state index contributed by atoms with van der Waals surface area (Å²) >= 11 is 0. The molecule has 5 nitrogen and oxygen atoms in total. The molecule has 0 unspecified atom stereocenters. The second kappa shape index (κ2) is 10.3. The molecule has 0 saturated carbocycles. The molecule has 2 aliphatic rings. The molecule has 0 aliphatic carbocycles. The largest absolute Gasteiger partial charge is 0.342 e. The highest BCUT2D eigenvalue weighted by Gasteiger charge is 2.37. The van der Waals surface area contributed by atoms with Crippen LogP contribution >= 0.6 is 0 Å². The summed E-state index contributed by atoms with van der Waals surface area (Å²) in [7, 11) is -3.48. The number of nitrogens with zero attached hydrogens (tertiary/aromatic N) is 1. The van der Waals surface area contributed by atoms with Gasteiger partial charge in [-0.25, -0.2) is 8.42 Å². The highest BCUT2D eigenvalue weighted by Crippen LogP contribution is 2.38. The van der Waals surface area contributed by atoms with Crippen LogP contribution in [0, 0.1) is 5.92 Å². The van der Waals surface area contributed by atoms with Gasteiger partial charge in [-0.3, -0.25) is 4.79 Å². The molecule has 0 atom stereocenters. The Morgan fingerprint density at radius 1 is 0.875 bits per heavy atom. The van der Waals surface area contributed by atoms with Crippen molar-refractivity contribution in [2.24, 2.45) is 5.92 Å². The lowest BCUT2D eigenvalue weighted by Crippen LogP contribution is -2.46. The van der Waals surface area contributed by atoms with E-state index in [9.17, 15) is 13.2 Å². The van der Waals surface area contributed by atoms with Crippen molar-refractivity contribution in [2.45, 2.75) is 95.1 Å². The molecular formula is C26H42N2O3S. The molecule has 3 rings (SSSR count). The molecule has 2 heterocycles. The van der Waals surface area contributed by atoms with E-state index in [1.807, 2.05) is 4.90 Å². The molecule has 1 amide bonds. The van der Waals surface area contributed by atoms with Crippen LogP contribution in [0.1, 0.15) is 102 Å². The van der Waals surface area contributed by atoms with Gasteiger partial charge in [0, 0.05) is 19.0 Å². The van der Waals surface area contributed by atoms with Crippen molar-refractivity contribution < 1.29 is 13.2 Å². The highest BCUT2D eigenvalue weighted by atomic mass is 32.2. The maximum Gasteiger partial charge on any atom is 0.225 e. The lowest BCUT2D eigenvalue weighted by atomic mass is 9.89. The molecule has 1 aromatic rings. The third kappa shape index (κ3) is 5.22. The summed E-state index contributed by atoms with van der Waals surface area (Å²) in [6.45, 7) is 15.5. The van der Waals surface area contributed by atoms with Gasteiger partial charge >= 0.3 is 0 Å². The molecule has 2 aliphatic heterocycles. The summed E-state index contributed by atoms with van der Waals surface area (Å²) in [4.78, 5) is 15.4. The molecule has 0 spiro atoms. The fraction of sp³-hybridized carbons (Fsp3) is 0.731. The van der Waals surface area contributed by atoms with Gasteiger partial charge in [-0.2, -0.15) is 0 Å². The number of rotatable bonds is 6. The van der Waals surface area contributed by atoms with Gasteiger partial charge in [0.1, 0.15) is 0 Å². The van der Waals surface area contributed by atoms with Crippen molar-refractivity contribution in [3.05, 3.63) is 28.8 Å². The number of carbonyl (C=O) groups excluding carboxylic acids is 1. The van der Waals surface area contributed by atoms with Crippen LogP contribution in [0.4, 0.5) is 0 Å². The normalized spacial score (nSPS) is 19.3. The van der Waals surface area contributed by atoms with Gasteiger partial charge in [0.2, 0.25) is 5.91 Å². The van der Waals surface area contributed by atoms with E-state index in [4.69, 9.17) is 0 Å². The van der Waals surface area contributed by atoms with Crippen LogP contribution in [0.5, 0.6) is 0 Å². The third-order valence-electron chi connectivity index (χ3n) is 7.24. The zero-order valence-corrected chi connectivity index (χ0v) is 21.6. The molecule has 2 fully saturated rings. The minimum absolute atomic E-state index is 0.0908. The van der Waals surface area contributed by atoms with Crippen molar-refractivity contribution in [3.63, 3.8) is 0 Å². The Morgan fingerprint density at radius 3 is 1.81 bits per heavy atom. The summed E-state index contributed by atoms with van der Waals surface area (Å²) in [5.41, 5.74) is 3.11. The Bertz CT molecular complexity index is 878. The number of hydrogen-bond donors (Lipinski definition) is 1. The smallest absolute Gasteiger partial charge is 0.225 e. The maximum atomic E-state index is 14.0. The molecule has 1 N–H and O–H groups in total. The predicted octanol–water partition coefficient (Wildman–Crippen LogP) is 4.82. The highest BCUT2D eigenvalue weighted by molar-refractivity contribution is 7.92. The van der Waals surface area contributed by atoms with Gasteiger partial charge in [-0.15, -0.1) is 0 Å². The topological polar surface area (TPSA) is 66.5 Å². The minimum atomic E-state index is -3.48. The quantitative estimate of drug-likeness (QED) is 0.658. The monoisotopic (exact) mass is 462 g/mol. The van der Waals surface area contributed by atoms with Gasteiger partial charge < -0.3 is 10.2 Å². The summed E-state index contributed by atoms with van der Waals surface area (Å²) in [5, 5.41) is 2.89. The van der Waals surface area contributed by atoms with Crippen LogP contribution in [-0.4, -0.2) is 50.7 Å². The van der Waals surface area contributed by atoms with Crippen LogP contribution in [0.15, 0.2) is 17.0 Å². The molecule has 2 saturated heterocycles. The van der Waals surface area contributed by atoms with Crippen molar-refractivity contribution >= 4 is 15.7 Å². The maximum absolute atomic E-state index is 14.0. The van der Waals surface area contributed by atoms with Crippen LogP contribution in [0.25, 0.3) is 0 Å². The van der Waals surface area contributed by atoms with Gasteiger partial charge in [-0.05, 0) is 73.2 Å². The van der Waals surface area contributed by atoms with Crippen LogP contribution in [-0.2, 0) is 14.6 Å². The number of likely N-dealkylation sites (tertiary alicyclic amines) is 1. The number of amides is 1. The van der Waals surface area contributed by atoms with Crippen LogP contribution in [0.2, 0.25) is 0 Å². The predicted molar refractivity (Wildman–Crippen MR) is 131 cm³/mol. The number of piperidine rings is 2. The van der Waals surface area contributed by atoms with E-state index in [0.29, 0.717) is 36.7 Å². The molecule has 6 heteroatoms. The number of carbonyl (C=O) groups is 1. The zero-order valence-electron chi connectivity index (χ0n) is 20.8. The Hall–Kier alpha value is -1.40. The standard InChI is InChI=1S/C26H42N2O3S/c1-17(2)21-15-23(18(3)4)25(24(16-21)19(5)6)32(30,31)22-9-13-28(14-10-22)26(29)20-7-11-27-12-8-20/h15-20,22,27H,7-14H2,1-6H3. The van der Waals surface area contributed by atoms with E-state index in [0.717, 1.165) is 37.1 Å². The van der Waals surface area contributed by atoms with Crippen molar-refractivity contribution in [3.8, 4) is 0 Å². The lowest BCUT2D eigenvalue weighted by molar-refractivity contribution is -0.137. The van der Waals surface area contributed by atoms with Crippen molar-refractivity contribution in [1.29, 1.82) is 0 Å². The van der Waals surface area contributed by atoms with Crippen LogP contribution in [0.3, 0.4) is 0 Å². The van der Waals surface area contributed by atoms with E-state index in [-0.39, 0.29) is 23.7 Å². The average Bonchev–Trinajstić information content (AvgIpc) is 2.78. The Morgan fingerprint density at radius 2 is 1.38 bits per heavy atom. The Labute approximate surface area is 195 Å². The van der Waals surface area contributed by atoms with Crippen molar-refractivity contribution in [2.75, 3.05) is 26.2 Å². The average molecular weight is 463 g/mol. The van der Waals surface area contributed by atoms with Gasteiger partial charge in [0.25, 0.3) is 0 Å². The summed E-state index contributed by atoms with van der Waals surface area (Å²) in [5.74, 6) is 0.934. The second-order valence-electron chi connectivity index (χ2n) is 10.6. The first-order valence-corrected chi connectivity index (χ1v) is 14.0. The summed E-state index contributed by atoms with van der Waals surface area (Å²) in [6.07, 6.45) is 2.82. The molecule has 0 aromatic heterocycles. The number of hydrogen-bond acceptors (Lipinski definition) is 4. The van der Waals surface area contributed by atoms with Gasteiger partial charge in [0.15, 0.2) is 9.84 Å². The van der Waals surface area contributed by atoms with Gasteiger partial charge in [-0.1, -0.05) is 53.7 Å². The van der Waals surface area contributed by atoms with E-state index in [1.54, 1.807) is 0 Å². The first-order valence-electron chi connectivity index (χ1n) is 12.4. The fourth-order valence-corrected chi connectivity index (χ4v) is 7.51. The number of nitrogens with one attached hydrogen (secondary N) is 1. The summed E-state index contributed by atoms with van der Waals surface area (Å²) in [6, 6.07) is 4.23. The third-order valence-corrected chi connectivity index (χ3v) is 9.63. The lowest BCUT2D eigenvalue weighted by Gasteiger charge is -2.36. The minimum Gasteiger partial charge on any atom is -0.342 e. The Kier molecular flexibility index (Phi) is 8.08. The number of sulfone groups is 1. The van der Waals surface area contributed by atoms with E-state index in [1.165, 1.54) is 5.56 Å². The molecule has 1 aromatic carbocycles. The molecular weight excluding hydrogens is 420 g/mol. The Balaban J connectivity index is 1.87. The SMILES string of the molecule is CC(C)c1cc(C(C)C)c(S(=O)(=O)C2CCN(C(=O)C3CCNCC3)CC2)c(C(C)C)c1. The molecule has 0 bridgehead atoms. The van der Waals surface area contributed by atoms with E-state index < -0.39 is 15.1 Å². The first kappa shape index (κ1) is 25.2.